The summed E-state index contributed by atoms with van der Waals surface area (Å²) in [4.78, 5) is 62.3. The Morgan fingerprint density at radius 1 is 0.889 bits per heavy atom. The molecule has 0 saturated carbocycles. The highest BCUT2D eigenvalue weighted by molar-refractivity contribution is 5.87. The zero-order valence-electron chi connectivity index (χ0n) is 20.9. The van der Waals surface area contributed by atoms with Gasteiger partial charge in [-0.1, -0.05) is 0 Å². The van der Waals surface area contributed by atoms with Gasteiger partial charge in [-0.25, -0.2) is 19.6 Å². The van der Waals surface area contributed by atoms with E-state index in [0.717, 1.165) is 26.1 Å². The van der Waals surface area contributed by atoms with E-state index < -0.39 is 12.1 Å². The Morgan fingerprint density at radius 3 is 1.72 bits per heavy atom. The number of anilines is 2. The van der Waals surface area contributed by atoms with Crippen molar-refractivity contribution in [1.82, 2.24) is 35.5 Å². The number of H-pyrrole nitrogens is 2. The molecule has 0 aliphatic rings. The molecule has 36 heavy (non-hydrogen) atoms. The fourth-order valence-electron chi connectivity index (χ4n) is 3.31. The van der Waals surface area contributed by atoms with E-state index in [1.807, 2.05) is 6.92 Å². The van der Waals surface area contributed by atoms with Crippen molar-refractivity contribution in [2.24, 2.45) is 5.73 Å². The molecule has 1 unspecified atom stereocenters. The summed E-state index contributed by atoms with van der Waals surface area (Å²) in [5, 5.41) is 10.5. The fraction of sp³-hybridized carbons (Fsp3) is 0.545. The molecule has 0 aliphatic heterocycles. The largest absolute Gasteiger partial charge is 0.338 e. The number of nitrogens with two attached hydrogens (primary N) is 1. The van der Waals surface area contributed by atoms with Crippen molar-refractivity contribution in [2.45, 2.75) is 46.1 Å². The Balaban J connectivity index is 1.70. The van der Waals surface area contributed by atoms with Crippen LogP contribution in [-0.2, 0) is 0 Å². The van der Waals surface area contributed by atoms with Crippen LogP contribution in [0.15, 0.2) is 21.7 Å². The van der Waals surface area contributed by atoms with Crippen LogP contribution in [0, 0.1) is 13.8 Å². The van der Waals surface area contributed by atoms with Crippen molar-refractivity contribution in [3.8, 4) is 0 Å². The fourth-order valence-corrected chi connectivity index (χ4v) is 3.31. The molecule has 4 amide bonds. The van der Waals surface area contributed by atoms with Crippen LogP contribution in [0.4, 0.5) is 21.5 Å². The van der Waals surface area contributed by atoms with Crippen LogP contribution in [0.2, 0.25) is 0 Å². The number of carbonyl (C=O) groups excluding carboxylic acids is 2. The molecule has 0 aromatic carbocycles. The van der Waals surface area contributed by atoms with Gasteiger partial charge in [-0.15, -0.1) is 0 Å². The lowest BCUT2D eigenvalue weighted by Crippen LogP contribution is -2.36. The molecule has 0 fully saturated rings. The molecule has 0 radical (unpaired) electrons. The number of hydrogen-bond donors (Lipinski definition) is 7. The Morgan fingerprint density at radius 2 is 1.33 bits per heavy atom. The first-order valence-electron chi connectivity index (χ1n) is 11.8. The van der Waals surface area contributed by atoms with Gasteiger partial charge in [0.05, 0.1) is 0 Å². The van der Waals surface area contributed by atoms with Crippen LogP contribution in [0.1, 0.15) is 37.6 Å². The van der Waals surface area contributed by atoms with Crippen molar-refractivity contribution in [2.75, 3.05) is 43.4 Å². The third kappa shape index (κ3) is 11.6. The normalized spacial score (nSPS) is 11.7. The molecule has 0 saturated heterocycles. The summed E-state index contributed by atoms with van der Waals surface area (Å²) in [6, 6.07) is 1.83. The van der Waals surface area contributed by atoms with E-state index in [-0.39, 0.29) is 29.1 Å². The van der Waals surface area contributed by atoms with Crippen LogP contribution in [0.3, 0.4) is 0 Å². The highest BCUT2D eigenvalue weighted by Crippen LogP contribution is 2.00. The van der Waals surface area contributed by atoms with Crippen molar-refractivity contribution in [1.29, 1.82) is 0 Å². The molecule has 2 aromatic rings. The maximum Gasteiger partial charge on any atom is 0.321 e. The first kappa shape index (κ1) is 28.5. The smallest absolute Gasteiger partial charge is 0.321 e. The van der Waals surface area contributed by atoms with E-state index in [1.165, 1.54) is 12.1 Å². The van der Waals surface area contributed by atoms with E-state index in [4.69, 9.17) is 5.73 Å². The zero-order valence-corrected chi connectivity index (χ0v) is 20.9. The number of hydrogen-bond acceptors (Lipinski definition) is 8. The summed E-state index contributed by atoms with van der Waals surface area (Å²) in [5.41, 5.74) is 6.24. The summed E-state index contributed by atoms with van der Waals surface area (Å²) in [6.45, 7) is 8.39. The quantitative estimate of drug-likeness (QED) is 0.188. The molecule has 14 nitrogen and oxygen atoms in total. The van der Waals surface area contributed by atoms with Gasteiger partial charge in [-0.05, 0) is 59.7 Å². The lowest BCUT2D eigenvalue weighted by Gasteiger charge is -2.23. The number of amides is 4. The van der Waals surface area contributed by atoms with Crippen molar-refractivity contribution in [3.63, 3.8) is 0 Å². The minimum absolute atomic E-state index is 0.0632. The monoisotopic (exact) mass is 504 g/mol. The second kappa shape index (κ2) is 14.6. The predicted molar refractivity (Wildman–Crippen MR) is 137 cm³/mol. The van der Waals surface area contributed by atoms with Crippen molar-refractivity contribution >= 4 is 24.0 Å². The van der Waals surface area contributed by atoms with E-state index in [1.54, 1.807) is 13.8 Å². The van der Waals surface area contributed by atoms with E-state index in [9.17, 15) is 19.2 Å². The highest BCUT2D eigenvalue weighted by Gasteiger charge is 2.09. The van der Waals surface area contributed by atoms with Gasteiger partial charge >= 0.3 is 12.1 Å². The van der Waals surface area contributed by atoms with Gasteiger partial charge in [-0.3, -0.25) is 30.2 Å². The standard InChI is InChI=1S/C22H36N10O4/c1-14(23)6-11-32(9-4-7-24-21(35)30-19-26-15(2)12-17(33)28-19)10-5-8-25-22(36)31-20-27-16(3)13-18(34)29-20/h12-14H,4-11,23H2,1-3H3,(H3,24,26,28,30,33,35)(H3,25,27,29,31,34,36). The van der Waals surface area contributed by atoms with Crippen LogP contribution in [-0.4, -0.2) is 75.7 Å². The summed E-state index contributed by atoms with van der Waals surface area (Å²) < 4.78 is 0. The summed E-state index contributed by atoms with van der Waals surface area (Å²) in [6.07, 6.45) is 2.22. The molecule has 2 aromatic heterocycles. The predicted octanol–water partition coefficient (Wildman–Crippen LogP) is 0.233. The molecule has 198 valence electrons. The Bertz CT molecular complexity index is 1030. The molecule has 2 rings (SSSR count). The van der Waals surface area contributed by atoms with E-state index >= 15 is 0 Å². The number of carbonyl (C=O) groups is 2. The summed E-state index contributed by atoms with van der Waals surface area (Å²) >= 11 is 0. The summed E-state index contributed by atoms with van der Waals surface area (Å²) in [7, 11) is 0. The van der Waals surface area contributed by atoms with Crippen LogP contribution in [0.5, 0.6) is 0 Å². The van der Waals surface area contributed by atoms with Crippen LogP contribution >= 0.6 is 0 Å². The lowest BCUT2D eigenvalue weighted by molar-refractivity contribution is 0.242. The molecule has 0 bridgehead atoms. The second-order valence-corrected chi connectivity index (χ2v) is 8.55. The third-order valence-electron chi connectivity index (χ3n) is 4.98. The minimum Gasteiger partial charge on any atom is -0.338 e. The first-order chi connectivity index (χ1) is 17.1. The van der Waals surface area contributed by atoms with Gasteiger partial charge in [0.2, 0.25) is 11.9 Å². The number of urea groups is 2. The lowest BCUT2D eigenvalue weighted by atomic mass is 10.2. The average molecular weight is 505 g/mol. The Kier molecular flexibility index (Phi) is 11.5. The number of aryl methyl sites for hydroxylation is 2. The molecule has 1 atom stereocenters. The number of nitrogens with zero attached hydrogens (tertiary/aromatic N) is 3. The molecular formula is C22H36N10O4. The number of nitrogens with one attached hydrogen (secondary N) is 6. The number of aromatic amines is 2. The molecule has 0 aliphatic carbocycles. The van der Waals surface area contributed by atoms with Crippen LogP contribution < -0.4 is 38.1 Å². The minimum atomic E-state index is -0.453. The van der Waals surface area contributed by atoms with Gasteiger partial charge < -0.3 is 21.3 Å². The van der Waals surface area contributed by atoms with Gasteiger partial charge in [0.1, 0.15) is 0 Å². The van der Waals surface area contributed by atoms with Crippen molar-refractivity contribution in [3.05, 3.63) is 44.2 Å². The topological polar surface area (TPSA) is 203 Å². The van der Waals surface area contributed by atoms with Crippen LogP contribution in [0.25, 0.3) is 0 Å². The van der Waals surface area contributed by atoms with Gasteiger partial charge in [0, 0.05) is 42.7 Å². The van der Waals surface area contributed by atoms with E-state index in [0.29, 0.717) is 37.3 Å². The molecule has 2 heterocycles. The van der Waals surface area contributed by atoms with Gasteiger partial charge in [-0.2, -0.15) is 0 Å². The second-order valence-electron chi connectivity index (χ2n) is 8.55. The Hall–Kier alpha value is -3.78. The number of aromatic nitrogens is 4. The number of rotatable bonds is 13. The zero-order chi connectivity index (χ0) is 26.5. The third-order valence-corrected chi connectivity index (χ3v) is 4.98. The first-order valence-corrected chi connectivity index (χ1v) is 11.8. The van der Waals surface area contributed by atoms with E-state index in [2.05, 4.69) is 46.1 Å². The molecule has 0 spiro atoms. The molecule has 14 heteroatoms. The maximum atomic E-state index is 12.1. The summed E-state index contributed by atoms with van der Waals surface area (Å²) in [5.74, 6) is 0.189. The van der Waals surface area contributed by atoms with Gasteiger partial charge in [0.25, 0.3) is 11.1 Å². The van der Waals surface area contributed by atoms with Gasteiger partial charge in [0.15, 0.2) is 0 Å². The average Bonchev–Trinajstić information content (AvgIpc) is 2.75. The van der Waals surface area contributed by atoms with Crippen molar-refractivity contribution < 1.29 is 9.59 Å². The molecule has 8 N–H and O–H groups in total. The Labute approximate surface area is 208 Å². The maximum absolute atomic E-state index is 12.1. The SMILES string of the molecule is Cc1cc(=O)[nH]c(NC(=O)NCCCN(CCCNC(=O)Nc2nc(C)cc(=O)[nH]2)CCC(C)N)n1. The molecular weight excluding hydrogens is 468 g/mol. The highest BCUT2D eigenvalue weighted by atomic mass is 16.2.